The van der Waals surface area contributed by atoms with Gasteiger partial charge in [0.05, 0.1) is 0 Å². The van der Waals surface area contributed by atoms with E-state index >= 15 is 0 Å². The molecule has 1 amide bonds. The standard InChI is InChI=1S/C18H27F3N2O2/c1-13(2)23(14(3)4)12-11-22-17(24)10-9-15-7-5-6-8-16(15)25-18(19,20)21/h5-8,13-14H,9-12H2,1-4H3,(H,22,24). The lowest BCUT2D eigenvalue weighted by molar-refractivity contribution is -0.274. The van der Waals surface area contributed by atoms with E-state index in [2.05, 4.69) is 42.6 Å². The van der Waals surface area contributed by atoms with Crippen molar-refractivity contribution >= 4 is 5.91 Å². The van der Waals surface area contributed by atoms with Crippen molar-refractivity contribution in [2.24, 2.45) is 0 Å². The Morgan fingerprint density at radius 3 is 2.32 bits per heavy atom. The van der Waals surface area contributed by atoms with E-state index in [1.165, 1.54) is 18.2 Å². The van der Waals surface area contributed by atoms with Gasteiger partial charge in [-0.25, -0.2) is 0 Å². The number of hydrogen-bond acceptors (Lipinski definition) is 3. The molecule has 1 aromatic carbocycles. The topological polar surface area (TPSA) is 41.6 Å². The third-order valence-corrected chi connectivity index (χ3v) is 3.84. The van der Waals surface area contributed by atoms with Crippen LogP contribution in [0.4, 0.5) is 13.2 Å². The van der Waals surface area contributed by atoms with Crippen LogP contribution in [0.25, 0.3) is 0 Å². The van der Waals surface area contributed by atoms with Crippen molar-refractivity contribution in [3.05, 3.63) is 29.8 Å². The van der Waals surface area contributed by atoms with Crippen LogP contribution in [0.2, 0.25) is 0 Å². The molecular weight excluding hydrogens is 333 g/mol. The number of alkyl halides is 3. The second kappa shape index (κ2) is 9.65. The molecular formula is C18H27F3N2O2. The van der Waals surface area contributed by atoms with Crippen molar-refractivity contribution < 1.29 is 22.7 Å². The van der Waals surface area contributed by atoms with E-state index in [1.54, 1.807) is 6.07 Å². The number of aryl methyl sites for hydroxylation is 1. The molecule has 0 aliphatic rings. The average Bonchev–Trinajstić information content (AvgIpc) is 2.48. The molecule has 0 fully saturated rings. The monoisotopic (exact) mass is 360 g/mol. The fourth-order valence-electron chi connectivity index (χ4n) is 2.71. The molecule has 0 radical (unpaired) electrons. The largest absolute Gasteiger partial charge is 0.573 e. The van der Waals surface area contributed by atoms with E-state index in [0.717, 1.165) is 6.54 Å². The van der Waals surface area contributed by atoms with E-state index in [9.17, 15) is 18.0 Å². The van der Waals surface area contributed by atoms with Crippen LogP contribution in [0.1, 0.15) is 39.7 Å². The van der Waals surface area contributed by atoms with Gasteiger partial charge in [0.25, 0.3) is 0 Å². The third-order valence-electron chi connectivity index (χ3n) is 3.84. The number of para-hydroxylation sites is 1. The highest BCUT2D eigenvalue weighted by atomic mass is 19.4. The highest BCUT2D eigenvalue weighted by molar-refractivity contribution is 5.76. The normalized spacial score (nSPS) is 12.1. The predicted molar refractivity (Wildman–Crippen MR) is 91.4 cm³/mol. The summed E-state index contributed by atoms with van der Waals surface area (Å²) in [6, 6.07) is 6.64. The van der Waals surface area contributed by atoms with Gasteiger partial charge in [0.15, 0.2) is 0 Å². The summed E-state index contributed by atoms with van der Waals surface area (Å²) in [5.41, 5.74) is 0.362. The van der Waals surface area contributed by atoms with Crippen LogP contribution in [0.3, 0.4) is 0 Å². The Hall–Kier alpha value is -1.76. The summed E-state index contributed by atoms with van der Waals surface area (Å²) in [5.74, 6) is -0.442. The van der Waals surface area contributed by atoms with Crippen molar-refractivity contribution in [3.8, 4) is 5.75 Å². The van der Waals surface area contributed by atoms with Crippen molar-refractivity contribution in [2.45, 2.75) is 59.0 Å². The van der Waals surface area contributed by atoms with Gasteiger partial charge in [-0.3, -0.25) is 9.69 Å². The Bertz CT molecular complexity index is 537. The number of nitrogens with one attached hydrogen (secondary N) is 1. The summed E-state index contributed by atoms with van der Waals surface area (Å²) < 4.78 is 41.2. The van der Waals surface area contributed by atoms with Gasteiger partial charge >= 0.3 is 6.36 Å². The van der Waals surface area contributed by atoms with E-state index < -0.39 is 6.36 Å². The summed E-state index contributed by atoms with van der Waals surface area (Å²) >= 11 is 0. The van der Waals surface area contributed by atoms with Gasteiger partial charge in [-0.2, -0.15) is 0 Å². The number of nitrogens with zero attached hydrogens (tertiary/aromatic N) is 1. The molecule has 0 saturated heterocycles. The van der Waals surface area contributed by atoms with E-state index in [1.807, 2.05) is 0 Å². The zero-order chi connectivity index (χ0) is 19.0. The lowest BCUT2D eigenvalue weighted by Crippen LogP contribution is -2.42. The van der Waals surface area contributed by atoms with Gasteiger partial charge < -0.3 is 10.1 Å². The highest BCUT2D eigenvalue weighted by Crippen LogP contribution is 2.26. The zero-order valence-corrected chi connectivity index (χ0v) is 15.2. The maximum atomic E-state index is 12.4. The molecule has 1 N–H and O–H groups in total. The van der Waals surface area contributed by atoms with Crippen molar-refractivity contribution in [3.63, 3.8) is 0 Å². The molecule has 25 heavy (non-hydrogen) atoms. The number of benzene rings is 1. The molecule has 142 valence electrons. The van der Waals surface area contributed by atoms with Gasteiger partial charge in [0.1, 0.15) is 5.75 Å². The Kier molecular flexibility index (Phi) is 8.22. The number of carbonyl (C=O) groups excluding carboxylic acids is 1. The number of carbonyl (C=O) groups is 1. The molecule has 0 atom stereocenters. The van der Waals surface area contributed by atoms with Gasteiger partial charge in [-0.1, -0.05) is 18.2 Å². The minimum atomic E-state index is -4.74. The Labute approximate surface area is 147 Å². The minimum absolute atomic E-state index is 0.113. The summed E-state index contributed by atoms with van der Waals surface area (Å²) in [7, 11) is 0. The Morgan fingerprint density at radius 2 is 1.76 bits per heavy atom. The first-order valence-corrected chi connectivity index (χ1v) is 8.46. The molecule has 1 aromatic rings. The van der Waals surface area contributed by atoms with Crippen LogP contribution in [-0.4, -0.2) is 42.3 Å². The quantitative estimate of drug-likeness (QED) is 0.729. The lowest BCUT2D eigenvalue weighted by atomic mass is 10.1. The summed E-state index contributed by atoms with van der Waals surface area (Å²) in [6.45, 7) is 9.63. The van der Waals surface area contributed by atoms with Crippen LogP contribution in [0.5, 0.6) is 5.75 Å². The molecule has 0 aromatic heterocycles. The van der Waals surface area contributed by atoms with Crippen LogP contribution in [0.15, 0.2) is 24.3 Å². The minimum Gasteiger partial charge on any atom is -0.406 e. The molecule has 0 aliphatic carbocycles. The van der Waals surface area contributed by atoms with Crippen molar-refractivity contribution in [1.29, 1.82) is 0 Å². The SMILES string of the molecule is CC(C)N(CCNC(=O)CCc1ccccc1OC(F)(F)F)C(C)C. The van der Waals surface area contributed by atoms with E-state index in [-0.39, 0.29) is 24.5 Å². The second-order valence-electron chi connectivity index (χ2n) is 6.43. The van der Waals surface area contributed by atoms with E-state index in [0.29, 0.717) is 24.2 Å². The summed E-state index contributed by atoms with van der Waals surface area (Å²) in [5, 5.41) is 2.82. The second-order valence-corrected chi connectivity index (χ2v) is 6.43. The molecule has 1 rings (SSSR count). The lowest BCUT2D eigenvalue weighted by Gasteiger charge is -2.30. The van der Waals surface area contributed by atoms with Crippen LogP contribution < -0.4 is 10.1 Å². The van der Waals surface area contributed by atoms with Crippen molar-refractivity contribution in [1.82, 2.24) is 10.2 Å². The first-order valence-electron chi connectivity index (χ1n) is 8.46. The van der Waals surface area contributed by atoms with Gasteiger partial charge in [-0.15, -0.1) is 13.2 Å². The summed E-state index contributed by atoms with van der Waals surface area (Å²) in [4.78, 5) is 14.2. The molecule has 0 saturated carbocycles. The maximum absolute atomic E-state index is 12.4. The number of rotatable bonds is 9. The van der Waals surface area contributed by atoms with Gasteiger partial charge in [0.2, 0.25) is 5.91 Å². The van der Waals surface area contributed by atoms with Crippen LogP contribution in [-0.2, 0) is 11.2 Å². The molecule has 0 aliphatic heterocycles. The zero-order valence-electron chi connectivity index (χ0n) is 15.2. The Morgan fingerprint density at radius 1 is 1.16 bits per heavy atom. The third kappa shape index (κ3) is 8.25. The first kappa shape index (κ1) is 21.3. The van der Waals surface area contributed by atoms with Crippen LogP contribution in [0, 0.1) is 0 Å². The number of ether oxygens (including phenoxy) is 1. The Balaban J connectivity index is 2.47. The van der Waals surface area contributed by atoms with Crippen molar-refractivity contribution in [2.75, 3.05) is 13.1 Å². The molecule has 0 spiro atoms. The number of hydrogen-bond donors (Lipinski definition) is 1. The first-order chi connectivity index (χ1) is 11.6. The van der Waals surface area contributed by atoms with Crippen LogP contribution >= 0.6 is 0 Å². The maximum Gasteiger partial charge on any atom is 0.573 e. The molecule has 0 heterocycles. The fourth-order valence-corrected chi connectivity index (χ4v) is 2.71. The number of amides is 1. The number of halogens is 3. The van der Waals surface area contributed by atoms with E-state index in [4.69, 9.17) is 0 Å². The smallest absolute Gasteiger partial charge is 0.406 e. The molecule has 4 nitrogen and oxygen atoms in total. The summed E-state index contributed by atoms with van der Waals surface area (Å²) in [6.07, 6.45) is -4.44. The van der Waals surface area contributed by atoms with Gasteiger partial charge in [-0.05, 0) is 45.7 Å². The average molecular weight is 360 g/mol. The fraction of sp³-hybridized carbons (Fsp3) is 0.611. The van der Waals surface area contributed by atoms with Gasteiger partial charge in [0, 0.05) is 31.6 Å². The highest BCUT2D eigenvalue weighted by Gasteiger charge is 2.31. The molecule has 7 heteroatoms. The predicted octanol–water partition coefficient (Wildman–Crippen LogP) is 3.75. The molecule has 0 unspecified atom stereocenters. The molecule has 0 bridgehead atoms.